The van der Waals surface area contributed by atoms with Crippen LogP contribution in [0.15, 0.2) is 36.4 Å². The zero-order valence-electron chi connectivity index (χ0n) is 13.8. The molecule has 0 bridgehead atoms. The number of pyridine rings is 1. The van der Waals surface area contributed by atoms with Gasteiger partial charge in [-0.3, -0.25) is 5.32 Å². The number of hydrogen-bond donors (Lipinski definition) is 3. The first-order valence-corrected chi connectivity index (χ1v) is 8.48. The number of hydrogen-bond acceptors (Lipinski definition) is 4. The van der Waals surface area contributed by atoms with E-state index < -0.39 is 12.1 Å². The summed E-state index contributed by atoms with van der Waals surface area (Å²) in [5.74, 6) is 0.751. The number of para-hydroxylation sites is 1. The van der Waals surface area contributed by atoms with E-state index in [0.29, 0.717) is 28.9 Å². The van der Waals surface area contributed by atoms with Crippen LogP contribution in [0.25, 0.3) is 0 Å². The molecule has 0 radical (unpaired) electrons. The summed E-state index contributed by atoms with van der Waals surface area (Å²) in [5, 5.41) is 13.5. The summed E-state index contributed by atoms with van der Waals surface area (Å²) < 4.78 is 5.72. The first-order chi connectivity index (χ1) is 12.0. The average Bonchev–Trinajstić information content (AvgIpc) is 2.55. The van der Waals surface area contributed by atoms with Gasteiger partial charge in [-0.2, -0.15) is 0 Å². The predicted octanol–water partition coefficient (Wildman–Crippen LogP) is 3.26. The second-order valence-electron chi connectivity index (χ2n) is 6.11. The Balaban J connectivity index is 2.01. The fraction of sp³-hybridized carbons (Fsp3) is 0.333. The van der Waals surface area contributed by atoms with Crippen molar-refractivity contribution >= 4 is 23.4 Å². The molecule has 4 N–H and O–H groups in total. The van der Waals surface area contributed by atoms with E-state index in [2.05, 4.69) is 10.3 Å². The maximum Gasteiger partial charge on any atom is 0.317 e. The number of primary amides is 1. The van der Waals surface area contributed by atoms with E-state index in [1.807, 2.05) is 18.2 Å². The van der Waals surface area contributed by atoms with Gasteiger partial charge in [0.1, 0.15) is 11.6 Å². The Morgan fingerprint density at radius 3 is 2.88 bits per heavy atom. The molecule has 0 aliphatic carbocycles. The Morgan fingerprint density at radius 2 is 2.16 bits per heavy atom. The van der Waals surface area contributed by atoms with Crippen LogP contribution in [0.2, 0.25) is 5.02 Å². The fourth-order valence-electron chi connectivity index (χ4n) is 3.41. The first-order valence-electron chi connectivity index (χ1n) is 8.10. The molecule has 0 saturated heterocycles. The van der Waals surface area contributed by atoms with Gasteiger partial charge < -0.3 is 15.6 Å². The minimum atomic E-state index is -0.679. The van der Waals surface area contributed by atoms with E-state index in [1.54, 1.807) is 25.1 Å². The summed E-state index contributed by atoms with van der Waals surface area (Å²) >= 11 is 6.26. The minimum Gasteiger partial charge on any atom is -0.492 e. The molecule has 7 heteroatoms. The number of nitrogens with two attached hydrogens (primary N) is 1. The van der Waals surface area contributed by atoms with Crippen molar-refractivity contribution in [2.75, 3.05) is 11.9 Å². The molecule has 1 aliphatic heterocycles. The van der Waals surface area contributed by atoms with E-state index in [0.717, 1.165) is 12.0 Å². The molecule has 25 heavy (non-hydrogen) atoms. The van der Waals surface area contributed by atoms with Crippen molar-refractivity contribution in [2.24, 2.45) is 5.73 Å². The highest BCUT2D eigenvalue weighted by Gasteiger charge is 2.34. The largest absolute Gasteiger partial charge is 0.492 e. The lowest BCUT2D eigenvalue weighted by Gasteiger charge is -2.34. The van der Waals surface area contributed by atoms with Gasteiger partial charge in [-0.05, 0) is 37.1 Å². The first kappa shape index (κ1) is 17.5. The number of halogens is 1. The highest BCUT2D eigenvalue weighted by atomic mass is 35.5. The van der Waals surface area contributed by atoms with Crippen LogP contribution in [0.5, 0.6) is 5.75 Å². The number of carbonyl (C=O) groups excluding carboxylic acids is 1. The van der Waals surface area contributed by atoms with Gasteiger partial charge >= 0.3 is 6.03 Å². The quantitative estimate of drug-likeness (QED) is 0.778. The van der Waals surface area contributed by atoms with E-state index in [1.165, 1.54) is 0 Å². The molecule has 1 aromatic carbocycles. The third-order valence-electron chi connectivity index (χ3n) is 4.39. The van der Waals surface area contributed by atoms with Gasteiger partial charge in [-0.15, -0.1) is 0 Å². The van der Waals surface area contributed by atoms with Gasteiger partial charge in [-0.25, -0.2) is 9.78 Å². The number of carbonyl (C=O) groups is 1. The summed E-state index contributed by atoms with van der Waals surface area (Å²) in [6.45, 7) is 2.25. The maximum atomic E-state index is 11.1. The van der Waals surface area contributed by atoms with Crippen molar-refractivity contribution in [2.45, 2.75) is 31.3 Å². The van der Waals surface area contributed by atoms with E-state index in [4.69, 9.17) is 22.1 Å². The van der Waals surface area contributed by atoms with E-state index >= 15 is 0 Å². The van der Waals surface area contributed by atoms with Gasteiger partial charge in [0.15, 0.2) is 0 Å². The molecule has 132 valence electrons. The van der Waals surface area contributed by atoms with Gasteiger partial charge in [0.2, 0.25) is 0 Å². The van der Waals surface area contributed by atoms with Crippen LogP contribution >= 0.6 is 11.6 Å². The van der Waals surface area contributed by atoms with Crippen molar-refractivity contribution in [1.29, 1.82) is 0 Å². The van der Waals surface area contributed by atoms with Crippen LogP contribution in [-0.4, -0.2) is 28.8 Å². The number of anilines is 1. The smallest absolute Gasteiger partial charge is 0.317 e. The zero-order chi connectivity index (χ0) is 18.0. The second kappa shape index (κ2) is 7.29. The molecule has 0 saturated carbocycles. The van der Waals surface area contributed by atoms with Crippen LogP contribution in [0.4, 0.5) is 10.6 Å². The standard InChI is InChI=1S/C18H20ClN3O3/c1-10(23)16(14-6-3-7-15(21-14)22-18(20)24)11-8-9-25-17-12(11)4-2-5-13(17)19/h2-7,10-11,16,23H,8-9H2,1H3,(H3,20,21,22,24)/t10-,11+,16?/m0/s1. The van der Waals surface area contributed by atoms with Gasteiger partial charge in [-0.1, -0.05) is 29.8 Å². The minimum absolute atomic E-state index is 0.00113. The number of aliphatic hydroxyl groups is 1. The molecular formula is C18H20ClN3O3. The molecule has 2 aromatic rings. The molecule has 6 nitrogen and oxygen atoms in total. The summed E-state index contributed by atoms with van der Waals surface area (Å²) in [4.78, 5) is 15.5. The van der Waals surface area contributed by atoms with Crippen molar-refractivity contribution in [1.82, 2.24) is 4.98 Å². The number of rotatable bonds is 4. The molecule has 1 aliphatic rings. The molecule has 2 amide bonds. The van der Waals surface area contributed by atoms with Crippen LogP contribution in [-0.2, 0) is 0 Å². The fourth-order valence-corrected chi connectivity index (χ4v) is 3.65. The van der Waals surface area contributed by atoms with Crippen LogP contribution in [0.3, 0.4) is 0 Å². The third kappa shape index (κ3) is 3.70. The molecular weight excluding hydrogens is 342 g/mol. The second-order valence-corrected chi connectivity index (χ2v) is 6.51. The summed E-state index contributed by atoms with van der Waals surface area (Å²) in [6, 6.07) is 10.2. The highest BCUT2D eigenvalue weighted by Crippen LogP contribution is 2.46. The normalized spacial score (nSPS) is 18.6. The van der Waals surface area contributed by atoms with Crippen molar-refractivity contribution in [3.8, 4) is 5.75 Å². The number of benzene rings is 1. The Morgan fingerprint density at radius 1 is 1.40 bits per heavy atom. The Hall–Kier alpha value is -2.31. The van der Waals surface area contributed by atoms with Crippen LogP contribution < -0.4 is 15.8 Å². The Kier molecular flexibility index (Phi) is 5.11. The lowest BCUT2D eigenvalue weighted by molar-refractivity contribution is 0.132. The number of nitrogens with zero attached hydrogens (tertiary/aromatic N) is 1. The number of aliphatic hydroxyl groups excluding tert-OH is 1. The molecule has 1 unspecified atom stereocenters. The van der Waals surface area contributed by atoms with Crippen molar-refractivity contribution in [3.63, 3.8) is 0 Å². The number of ether oxygens (including phenoxy) is 1. The summed E-state index contributed by atoms with van der Waals surface area (Å²) in [7, 11) is 0. The maximum absolute atomic E-state index is 11.1. The van der Waals surface area contributed by atoms with Crippen LogP contribution in [0.1, 0.15) is 36.4 Å². The third-order valence-corrected chi connectivity index (χ3v) is 4.69. The Labute approximate surface area is 151 Å². The molecule has 0 fully saturated rings. The predicted molar refractivity (Wildman–Crippen MR) is 96.2 cm³/mol. The molecule has 3 atom stereocenters. The lowest BCUT2D eigenvalue weighted by atomic mass is 9.77. The topological polar surface area (TPSA) is 97.5 Å². The zero-order valence-corrected chi connectivity index (χ0v) is 14.5. The van der Waals surface area contributed by atoms with Gasteiger partial charge in [0.25, 0.3) is 0 Å². The lowest BCUT2D eigenvalue weighted by Crippen LogP contribution is -2.28. The number of amides is 2. The highest BCUT2D eigenvalue weighted by molar-refractivity contribution is 6.32. The number of urea groups is 1. The average molecular weight is 362 g/mol. The number of nitrogens with one attached hydrogen (secondary N) is 1. The van der Waals surface area contributed by atoms with Crippen molar-refractivity contribution < 1.29 is 14.6 Å². The van der Waals surface area contributed by atoms with E-state index in [9.17, 15) is 9.90 Å². The van der Waals surface area contributed by atoms with Gasteiger partial charge in [0.05, 0.1) is 17.7 Å². The van der Waals surface area contributed by atoms with Gasteiger partial charge in [0, 0.05) is 17.5 Å². The summed E-state index contributed by atoms with van der Waals surface area (Å²) in [6.07, 6.45) is 0.0872. The van der Waals surface area contributed by atoms with Crippen LogP contribution in [0, 0.1) is 0 Å². The number of aromatic nitrogens is 1. The molecule has 1 aromatic heterocycles. The molecule has 2 heterocycles. The Bertz CT molecular complexity index is 782. The number of fused-ring (bicyclic) bond motifs is 1. The molecule has 0 spiro atoms. The molecule has 3 rings (SSSR count). The SMILES string of the molecule is C[C@H](O)C(c1cccc(NC(N)=O)n1)[C@@H]1CCOc2c(Cl)cccc21. The monoisotopic (exact) mass is 361 g/mol. The van der Waals surface area contributed by atoms with E-state index in [-0.39, 0.29) is 11.8 Å². The summed E-state index contributed by atoms with van der Waals surface area (Å²) in [5.41, 5.74) is 6.80. The van der Waals surface area contributed by atoms with Crippen molar-refractivity contribution in [3.05, 3.63) is 52.7 Å².